The Morgan fingerprint density at radius 3 is 2.20 bits per heavy atom. The molecular weight excluding hydrogens is 252 g/mol. The van der Waals surface area contributed by atoms with E-state index in [2.05, 4.69) is 15.9 Å². The average molecular weight is 267 g/mol. The van der Waals surface area contributed by atoms with Crippen LogP contribution in [0.5, 0.6) is 0 Å². The second kappa shape index (κ2) is 4.09. The second-order valence-electron chi connectivity index (χ2n) is 4.41. The van der Waals surface area contributed by atoms with Gasteiger partial charge in [-0.2, -0.15) is 0 Å². The Kier molecular flexibility index (Phi) is 2.96. The number of rotatable bonds is 2. The molecule has 1 aliphatic rings. The number of aryl methyl sites for hydroxylation is 2. The number of hydrogen-bond donors (Lipinski definition) is 0. The quantitative estimate of drug-likeness (QED) is 0.739. The zero-order valence-electron chi connectivity index (χ0n) is 9.14. The third-order valence-electron chi connectivity index (χ3n) is 3.22. The fourth-order valence-corrected chi connectivity index (χ4v) is 2.86. The zero-order chi connectivity index (χ0) is 11.0. The van der Waals surface area contributed by atoms with Gasteiger partial charge < -0.3 is 0 Å². The van der Waals surface area contributed by atoms with Gasteiger partial charge in [0.05, 0.1) is 0 Å². The molecule has 1 aromatic rings. The first-order valence-electron chi connectivity index (χ1n) is 5.40. The van der Waals surface area contributed by atoms with Crippen LogP contribution in [0.1, 0.15) is 40.7 Å². The van der Waals surface area contributed by atoms with Crippen LogP contribution in [0.3, 0.4) is 0 Å². The van der Waals surface area contributed by atoms with E-state index in [0.29, 0.717) is 11.7 Å². The lowest BCUT2D eigenvalue weighted by Crippen LogP contribution is -2.23. The van der Waals surface area contributed by atoms with Crippen LogP contribution >= 0.6 is 15.9 Å². The van der Waals surface area contributed by atoms with Crippen molar-refractivity contribution in [3.8, 4) is 0 Å². The summed E-state index contributed by atoms with van der Waals surface area (Å²) in [6.07, 6.45) is 3.37. The molecule has 0 aliphatic heterocycles. The SMILES string of the molecule is Cc1cc(Br)cc(C)c1C(=O)C1CCC1. The molecule has 1 saturated carbocycles. The number of ketones is 1. The fraction of sp³-hybridized carbons (Fsp3) is 0.462. The zero-order valence-corrected chi connectivity index (χ0v) is 10.7. The standard InChI is InChI=1S/C13H15BrO/c1-8-6-11(14)7-9(2)12(8)13(15)10-4-3-5-10/h6-7,10H,3-5H2,1-2H3. The molecule has 0 saturated heterocycles. The van der Waals surface area contributed by atoms with E-state index < -0.39 is 0 Å². The van der Waals surface area contributed by atoms with Crippen molar-refractivity contribution in [1.29, 1.82) is 0 Å². The number of benzene rings is 1. The van der Waals surface area contributed by atoms with Crippen molar-refractivity contribution in [2.24, 2.45) is 5.92 Å². The molecule has 15 heavy (non-hydrogen) atoms. The van der Waals surface area contributed by atoms with Crippen LogP contribution in [0.2, 0.25) is 0 Å². The predicted molar refractivity (Wildman–Crippen MR) is 65.3 cm³/mol. The molecule has 0 atom stereocenters. The molecule has 2 heteroatoms. The molecule has 0 N–H and O–H groups in total. The molecule has 80 valence electrons. The van der Waals surface area contributed by atoms with Crippen LogP contribution in [-0.2, 0) is 0 Å². The molecule has 1 nitrogen and oxygen atoms in total. The van der Waals surface area contributed by atoms with Gasteiger partial charge in [-0.05, 0) is 49.9 Å². The van der Waals surface area contributed by atoms with Crippen molar-refractivity contribution in [1.82, 2.24) is 0 Å². The number of halogens is 1. The Morgan fingerprint density at radius 2 is 1.80 bits per heavy atom. The Morgan fingerprint density at radius 1 is 1.27 bits per heavy atom. The molecule has 2 rings (SSSR count). The second-order valence-corrected chi connectivity index (χ2v) is 5.32. The minimum atomic E-state index is 0.295. The Hall–Kier alpha value is -0.630. The summed E-state index contributed by atoms with van der Waals surface area (Å²) >= 11 is 3.45. The van der Waals surface area contributed by atoms with Gasteiger partial charge >= 0.3 is 0 Å². The minimum Gasteiger partial charge on any atom is -0.294 e. The smallest absolute Gasteiger partial charge is 0.166 e. The normalized spacial score (nSPS) is 16.2. The van der Waals surface area contributed by atoms with Crippen molar-refractivity contribution >= 4 is 21.7 Å². The van der Waals surface area contributed by atoms with Gasteiger partial charge in [0.1, 0.15) is 0 Å². The summed E-state index contributed by atoms with van der Waals surface area (Å²) in [5, 5.41) is 0. The number of hydrogen-bond acceptors (Lipinski definition) is 1. The van der Waals surface area contributed by atoms with Crippen LogP contribution < -0.4 is 0 Å². The maximum Gasteiger partial charge on any atom is 0.166 e. The molecule has 1 aromatic carbocycles. The Bertz CT molecular complexity index is 382. The minimum absolute atomic E-state index is 0.295. The van der Waals surface area contributed by atoms with Crippen LogP contribution in [0.4, 0.5) is 0 Å². The third kappa shape index (κ3) is 2.00. The van der Waals surface area contributed by atoms with Crippen molar-refractivity contribution in [2.45, 2.75) is 33.1 Å². The van der Waals surface area contributed by atoms with Crippen molar-refractivity contribution < 1.29 is 4.79 Å². The molecule has 0 bridgehead atoms. The first kappa shape index (κ1) is 10.9. The van der Waals surface area contributed by atoms with Gasteiger partial charge in [-0.15, -0.1) is 0 Å². The fourth-order valence-electron chi connectivity index (χ4n) is 2.17. The van der Waals surface area contributed by atoms with E-state index in [4.69, 9.17) is 0 Å². The highest BCUT2D eigenvalue weighted by atomic mass is 79.9. The topological polar surface area (TPSA) is 17.1 Å². The van der Waals surface area contributed by atoms with Crippen molar-refractivity contribution in [2.75, 3.05) is 0 Å². The summed E-state index contributed by atoms with van der Waals surface area (Å²) in [5.74, 6) is 0.646. The van der Waals surface area contributed by atoms with Crippen LogP contribution in [0, 0.1) is 19.8 Å². The average Bonchev–Trinajstić information content (AvgIpc) is 1.97. The maximum atomic E-state index is 12.2. The van der Waals surface area contributed by atoms with Crippen molar-refractivity contribution in [3.63, 3.8) is 0 Å². The summed E-state index contributed by atoms with van der Waals surface area (Å²) in [7, 11) is 0. The Labute approximate surface area is 99.0 Å². The van der Waals surface area contributed by atoms with E-state index in [1.54, 1.807) is 0 Å². The molecule has 0 radical (unpaired) electrons. The summed E-state index contributed by atoms with van der Waals surface area (Å²) in [4.78, 5) is 12.2. The van der Waals surface area contributed by atoms with Crippen LogP contribution in [-0.4, -0.2) is 5.78 Å². The van der Waals surface area contributed by atoms with Gasteiger partial charge in [-0.3, -0.25) is 4.79 Å². The molecule has 1 aliphatic carbocycles. The van der Waals surface area contributed by atoms with Gasteiger partial charge in [-0.25, -0.2) is 0 Å². The molecule has 0 heterocycles. The highest BCUT2D eigenvalue weighted by Crippen LogP contribution is 2.32. The lowest BCUT2D eigenvalue weighted by Gasteiger charge is -2.25. The summed E-state index contributed by atoms with van der Waals surface area (Å²) in [5.41, 5.74) is 3.14. The van der Waals surface area contributed by atoms with Crippen molar-refractivity contribution in [3.05, 3.63) is 33.3 Å². The van der Waals surface area contributed by atoms with Gasteiger partial charge in [0.2, 0.25) is 0 Å². The van der Waals surface area contributed by atoms with Crippen LogP contribution in [0.25, 0.3) is 0 Å². The molecule has 1 fully saturated rings. The molecule has 0 unspecified atom stereocenters. The maximum absolute atomic E-state index is 12.2. The van der Waals surface area contributed by atoms with E-state index in [-0.39, 0.29) is 0 Å². The monoisotopic (exact) mass is 266 g/mol. The van der Waals surface area contributed by atoms with E-state index >= 15 is 0 Å². The first-order chi connectivity index (χ1) is 7.09. The van der Waals surface area contributed by atoms with E-state index in [9.17, 15) is 4.79 Å². The van der Waals surface area contributed by atoms with Gasteiger partial charge in [-0.1, -0.05) is 22.4 Å². The molecule has 0 spiro atoms. The molecule has 0 aromatic heterocycles. The summed E-state index contributed by atoms with van der Waals surface area (Å²) < 4.78 is 1.06. The summed E-state index contributed by atoms with van der Waals surface area (Å²) in [6.45, 7) is 4.04. The largest absolute Gasteiger partial charge is 0.294 e. The number of Topliss-reactive ketones (excluding diaryl/α,β-unsaturated/α-hetero) is 1. The highest BCUT2D eigenvalue weighted by Gasteiger charge is 2.28. The van der Waals surface area contributed by atoms with E-state index in [1.807, 2.05) is 26.0 Å². The van der Waals surface area contributed by atoms with Crippen LogP contribution in [0.15, 0.2) is 16.6 Å². The van der Waals surface area contributed by atoms with Gasteiger partial charge in [0, 0.05) is 16.0 Å². The number of carbonyl (C=O) groups excluding carboxylic acids is 1. The van der Waals surface area contributed by atoms with E-state index in [1.165, 1.54) is 6.42 Å². The lowest BCUT2D eigenvalue weighted by molar-refractivity contribution is 0.0854. The first-order valence-corrected chi connectivity index (χ1v) is 6.20. The molecule has 0 amide bonds. The van der Waals surface area contributed by atoms with E-state index in [0.717, 1.165) is 34.0 Å². The summed E-state index contributed by atoms with van der Waals surface area (Å²) in [6, 6.07) is 4.05. The third-order valence-corrected chi connectivity index (χ3v) is 3.68. The molecular formula is C13H15BrO. The lowest BCUT2D eigenvalue weighted by atomic mass is 9.78. The predicted octanol–water partition coefficient (Wildman–Crippen LogP) is 4.05. The number of carbonyl (C=O) groups is 1. The van der Waals surface area contributed by atoms with Gasteiger partial charge in [0.25, 0.3) is 0 Å². The highest BCUT2D eigenvalue weighted by molar-refractivity contribution is 9.10. The Balaban J connectivity index is 2.38. The van der Waals surface area contributed by atoms with Gasteiger partial charge in [0.15, 0.2) is 5.78 Å².